The lowest BCUT2D eigenvalue weighted by molar-refractivity contribution is -0.118. The smallest absolute Gasteiger partial charge is 0.230 e. The average molecular weight is 456 g/mol. The molecule has 0 aliphatic heterocycles. The lowest BCUT2D eigenvalue weighted by Gasteiger charge is -2.19. The number of hydrogen-bond donors (Lipinski definition) is 1. The van der Waals surface area contributed by atoms with Gasteiger partial charge in [-0.2, -0.15) is 0 Å². The van der Waals surface area contributed by atoms with Crippen LogP contribution in [0.1, 0.15) is 20.3 Å². The third kappa shape index (κ3) is 6.56. The minimum atomic E-state index is -0.334. The topological polar surface area (TPSA) is 63.1 Å². The molecule has 1 N–H and O–H groups in total. The molecule has 1 aromatic heterocycles. The van der Waals surface area contributed by atoms with Crippen molar-refractivity contribution in [3.05, 3.63) is 60.4 Å². The first-order valence-electron chi connectivity index (χ1n) is 10.8. The molecule has 32 heavy (non-hydrogen) atoms. The van der Waals surface area contributed by atoms with Gasteiger partial charge in [-0.3, -0.25) is 4.79 Å². The number of carbonyl (C=O) groups excluding carboxylic acids is 1. The van der Waals surface area contributed by atoms with Gasteiger partial charge in [0.25, 0.3) is 0 Å². The number of carbonyl (C=O) groups is 1. The van der Waals surface area contributed by atoms with Crippen LogP contribution < -0.4 is 10.2 Å². The molecule has 3 aromatic rings. The van der Waals surface area contributed by atoms with Crippen LogP contribution in [0.3, 0.4) is 0 Å². The highest BCUT2D eigenvalue weighted by Crippen LogP contribution is 2.26. The lowest BCUT2D eigenvalue weighted by atomic mass is 10.2. The molecule has 0 aliphatic carbocycles. The number of hydrogen-bond acceptors (Lipinski definition) is 5. The summed E-state index contributed by atoms with van der Waals surface area (Å²) >= 11 is 1.32. The first-order valence-corrected chi connectivity index (χ1v) is 11.8. The molecule has 6 nitrogen and oxygen atoms in total. The Bertz CT molecular complexity index is 1010. The second-order valence-corrected chi connectivity index (χ2v) is 8.98. The first-order chi connectivity index (χ1) is 15.5. The van der Waals surface area contributed by atoms with Crippen LogP contribution in [0.15, 0.2) is 59.8 Å². The second kappa shape index (κ2) is 11.7. The summed E-state index contributed by atoms with van der Waals surface area (Å²) in [6, 6.07) is 16.7. The zero-order chi connectivity index (χ0) is 22.9. The Balaban J connectivity index is 1.52. The fourth-order valence-electron chi connectivity index (χ4n) is 3.30. The summed E-state index contributed by atoms with van der Waals surface area (Å²) in [5.41, 5.74) is 1.57. The monoisotopic (exact) mass is 455 g/mol. The Morgan fingerprint density at radius 2 is 1.84 bits per heavy atom. The number of para-hydroxylation sites is 1. The molecule has 0 saturated carbocycles. The van der Waals surface area contributed by atoms with Crippen LogP contribution in [0.2, 0.25) is 0 Å². The Kier molecular flexibility index (Phi) is 8.67. The van der Waals surface area contributed by atoms with Gasteiger partial charge in [0.1, 0.15) is 5.82 Å². The predicted octanol–water partition coefficient (Wildman–Crippen LogP) is 4.48. The molecular weight excluding hydrogens is 425 g/mol. The van der Waals surface area contributed by atoms with Gasteiger partial charge in [-0.25, -0.2) is 4.39 Å². The average Bonchev–Trinajstić information content (AvgIpc) is 3.17. The molecule has 2 aromatic carbocycles. The third-order valence-corrected chi connectivity index (χ3v) is 5.87. The molecule has 0 aliphatic rings. The Hall–Kier alpha value is -2.87. The van der Waals surface area contributed by atoms with Crippen LogP contribution in [0.5, 0.6) is 0 Å². The normalized spacial score (nSPS) is 11.0. The van der Waals surface area contributed by atoms with Gasteiger partial charge in [0.2, 0.25) is 5.91 Å². The molecule has 0 bridgehead atoms. The summed E-state index contributed by atoms with van der Waals surface area (Å²) in [5, 5.41) is 12.0. The maximum atomic E-state index is 14.3. The summed E-state index contributed by atoms with van der Waals surface area (Å²) in [7, 11) is 2.04. The van der Waals surface area contributed by atoms with E-state index in [4.69, 9.17) is 0 Å². The van der Waals surface area contributed by atoms with Crippen LogP contribution >= 0.6 is 11.8 Å². The van der Waals surface area contributed by atoms with Crippen molar-refractivity contribution in [1.82, 2.24) is 20.1 Å². The van der Waals surface area contributed by atoms with E-state index in [1.807, 2.05) is 29.8 Å². The van der Waals surface area contributed by atoms with E-state index in [-0.39, 0.29) is 17.5 Å². The van der Waals surface area contributed by atoms with E-state index in [0.717, 1.165) is 18.7 Å². The number of nitrogens with one attached hydrogen (secondary N) is 1. The van der Waals surface area contributed by atoms with E-state index in [9.17, 15) is 9.18 Å². The van der Waals surface area contributed by atoms with Crippen LogP contribution in [0.25, 0.3) is 11.4 Å². The molecule has 0 spiro atoms. The van der Waals surface area contributed by atoms with Gasteiger partial charge in [0.05, 0.1) is 11.3 Å². The molecule has 0 radical (unpaired) electrons. The van der Waals surface area contributed by atoms with E-state index in [1.165, 1.54) is 17.8 Å². The Morgan fingerprint density at radius 3 is 2.56 bits per heavy atom. The van der Waals surface area contributed by atoms with Crippen LogP contribution in [0, 0.1) is 11.7 Å². The van der Waals surface area contributed by atoms with Gasteiger partial charge >= 0.3 is 0 Å². The van der Waals surface area contributed by atoms with Gasteiger partial charge in [0.15, 0.2) is 11.0 Å². The second-order valence-electron chi connectivity index (χ2n) is 8.04. The van der Waals surface area contributed by atoms with Crippen molar-refractivity contribution in [3.63, 3.8) is 0 Å². The first kappa shape index (κ1) is 23.8. The van der Waals surface area contributed by atoms with Crippen LogP contribution in [0.4, 0.5) is 10.1 Å². The summed E-state index contributed by atoms with van der Waals surface area (Å²) < 4.78 is 16.2. The van der Waals surface area contributed by atoms with E-state index < -0.39 is 0 Å². The summed E-state index contributed by atoms with van der Waals surface area (Å²) in [6.07, 6.45) is 0.850. The zero-order valence-corrected chi connectivity index (χ0v) is 19.6. The molecule has 0 fully saturated rings. The number of rotatable bonds is 11. The Labute approximate surface area is 193 Å². The molecule has 0 unspecified atom stereocenters. The van der Waals surface area contributed by atoms with E-state index in [1.54, 1.807) is 18.2 Å². The Morgan fingerprint density at radius 1 is 1.12 bits per heavy atom. The highest BCUT2D eigenvalue weighted by Gasteiger charge is 2.18. The fraction of sp³-hybridized carbons (Fsp3) is 0.375. The van der Waals surface area contributed by atoms with Gasteiger partial charge < -0.3 is 14.8 Å². The minimum absolute atomic E-state index is 0.0519. The summed E-state index contributed by atoms with van der Waals surface area (Å²) in [6.45, 7) is 6.27. The summed E-state index contributed by atoms with van der Waals surface area (Å²) in [4.78, 5) is 14.5. The van der Waals surface area contributed by atoms with Gasteiger partial charge in [0, 0.05) is 32.4 Å². The zero-order valence-electron chi connectivity index (χ0n) is 18.8. The summed E-state index contributed by atoms with van der Waals surface area (Å²) in [5.74, 6) is 0.667. The van der Waals surface area contributed by atoms with Gasteiger partial charge in [-0.15, -0.1) is 10.2 Å². The van der Waals surface area contributed by atoms with Crippen molar-refractivity contribution in [2.75, 3.05) is 30.8 Å². The molecule has 8 heteroatoms. The lowest BCUT2D eigenvalue weighted by Crippen LogP contribution is -2.29. The van der Waals surface area contributed by atoms with Crippen molar-refractivity contribution >= 4 is 23.4 Å². The van der Waals surface area contributed by atoms with E-state index >= 15 is 0 Å². The molecule has 0 saturated heterocycles. The number of anilines is 1. The third-order valence-electron chi connectivity index (χ3n) is 4.90. The predicted molar refractivity (Wildman–Crippen MR) is 128 cm³/mol. The minimum Gasteiger partial charge on any atom is -0.375 e. The van der Waals surface area contributed by atoms with E-state index in [0.29, 0.717) is 35.6 Å². The van der Waals surface area contributed by atoms with E-state index in [2.05, 4.69) is 46.4 Å². The number of benzene rings is 2. The largest absolute Gasteiger partial charge is 0.375 e. The number of thioether (sulfide) groups is 1. The van der Waals surface area contributed by atoms with Crippen molar-refractivity contribution in [1.29, 1.82) is 0 Å². The van der Waals surface area contributed by atoms with Crippen LogP contribution in [-0.4, -0.2) is 46.6 Å². The SMILES string of the molecule is CC(C)Cn1c(SCC(=O)NCCCN(C)c2ccccc2)nnc1-c1ccccc1F. The van der Waals surface area contributed by atoms with Crippen molar-refractivity contribution < 1.29 is 9.18 Å². The highest BCUT2D eigenvalue weighted by atomic mass is 32.2. The quantitative estimate of drug-likeness (QED) is 0.341. The number of aromatic nitrogens is 3. The van der Waals surface area contributed by atoms with Crippen LogP contribution in [-0.2, 0) is 11.3 Å². The molecular formula is C24H30FN5OS. The van der Waals surface area contributed by atoms with Crippen molar-refractivity contribution in [3.8, 4) is 11.4 Å². The number of amides is 1. The van der Waals surface area contributed by atoms with Crippen molar-refractivity contribution in [2.24, 2.45) is 5.92 Å². The molecule has 170 valence electrons. The fourth-order valence-corrected chi connectivity index (χ4v) is 4.08. The maximum Gasteiger partial charge on any atom is 0.230 e. The highest BCUT2D eigenvalue weighted by molar-refractivity contribution is 7.99. The molecule has 3 rings (SSSR count). The number of nitrogens with zero attached hydrogens (tertiary/aromatic N) is 4. The van der Waals surface area contributed by atoms with Crippen molar-refractivity contribution in [2.45, 2.75) is 32.0 Å². The molecule has 1 amide bonds. The van der Waals surface area contributed by atoms with Gasteiger partial charge in [-0.1, -0.05) is 55.9 Å². The maximum absolute atomic E-state index is 14.3. The standard InChI is InChI=1S/C24H30FN5OS/c1-18(2)16-30-23(20-12-7-8-13-21(20)25)27-28-24(30)32-17-22(31)26-14-9-15-29(3)19-10-5-4-6-11-19/h4-8,10-13,18H,9,14-17H2,1-3H3,(H,26,31). The molecule has 0 atom stereocenters. The van der Waals surface area contributed by atoms with Gasteiger partial charge in [-0.05, 0) is 36.6 Å². The molecule has 1 heterocycles. The number of halogens is 1.